The van der Waals surface area contributed by atoms with Crippen LogP contribution < -0.4 is 5.32 Å². The van der Waals surface area contributed by atoms with E-state index in [1.165, 1.54) is 11.3 Å². The highest BCUT2D eigenvalue weighted by Gasteiger charge is 2.23. The number of hydrogen-bond acceptors (Lipinski definition) is 3. The third-order valence-electron chi connectivity index (χ3n) is 4.34. The third-order valence-corrected chi connectivity index (χ3v) is 4.34. The van der Waals surface area contributed by atoms with Crippen molar-refractivity contribution in [3.05, 3.63) is 29.3 Å². The molecule has 0 radical (unpaired) electrons. The molecular formula is C17H25N3O. The summed E-state index contributed by atoms with van der Waals surface area (Å²) in [6.07, 6.45) is 1.03. The van der Waals surface area contributed by atoms with E-state index in [1.54, 1.807) is 0 Å². The molecule has 1 amide bonds. The van der Waals surface area contributed by atoms with E-state index in [4.69, 9.17) is 0 Å². The van der Waals surface area contributed by atoms with Crippen molar-refractivity contribution in [3.8, 4) is 0 Å². The Labute approximate surface area is 127 Å². The molecule has 21 heavy (non-hydrogen) atoms. The van der Waals surface area contributed by atoms with Gasteiger partial charge in [-0.2, -0.15) is 0 Å². The van der Waals surface area contributed by atoms with Gasteiger partial charge in [-0.3, -0.25) is 9.69 Å². The van der Waals surface area contributed by atoms with Crippen molar-refractivity contribution in [3.63, 3.8) is 0 Å². The van der Waals surface area contributed by atoms with Crippen LogP contribution in [0.4, 0.5) is 5.69 Å². The van der Waals surface area contributed by atoms with Gasteiger partial charge in [0.15, 0.2) is 0 Å². The highest BCUT2D eigenvalue weighted by atomic mass is 16.2. The average Bonchev–Trinajstić information content (AvgIpc) is 2.94. The van der Waals surface area contributed by atoms with Gasteiger partial charge in [-0.1, -0.05) is 13.8 Å². The number of fused-ring (bicyclic) bond motifs is 1. The van der Waals surface area contributed by atoms with Crippen molar-refractivity contribution in [2.24, 2.45) is 5.92 Å². The number of anilines is 1. The molecule has 0 spiro atoms. The summed E-state index contributed by atoms with van der Waals surface area (Å²) in [5.41, 5.74) is 3.31. The first kappa shape index (κ1) is 14.4. The summed E-state index contributed by atoms with van der Waals surface area (Å²) in [5.74, 6) is 0.880. The summed E-state index contributed by atoms with van der Waals surface area (Å²) in [7, 11) is 0. The maximum Gasteiger partial charge on any atom is 0.253 e. The molecule has 2 aliphatic heterocycles. The number of carbonyl (C=O) groups excluding carboxylic acids is 1. The molecule has 114 valence electrons. The van der Waals surface area contributed by atoms with Crippen LogP contribution in [0.3, 0.4) is 0 Å². The zero-order valence-corrected chi connectivity index (χ0v) is 13.1. The Morgan fingerprint density at radius 1 is 1.24 bits per heavy atom. The Kier molecular flexibility index (Phi) is 4.15. The van der Waals surface area contributed by atoms with Crippen molar-refractivity contribution in [2.75, 3.05) is 44.6 Å². The minimum atomic E-state index is 0.189. The predicted octanol–water partition coefficient (Wildman–Crippen LogP) is 2.07. The highest BCUT2D eigenvalue weighted by molar-refractivity contribution is 5.95. The van der Waals surface area contributed by atoms with Crippen molar-refractivity contribution in [2.45, 2.75) is 20.3 Å². The van der Waals surface area contributed by atoms with Gasteiger partial charge >= 0.3 is 0 Å². The summed E-state index contributed by atoms with van der Waals surface area (Å²) in [4.78, 5) is 17.1. The molecule has 2 aliphatic rings. The van der Waals surface area contributed by atoms with Crippen LogP contribution >= 0.6 is 0 Å². The van der Waals surface area contributed by atoms with Gasteiger partial charge in [-0.15, -0.1) is 0 Å². The van der Waals surface area contributed by atoms with E-state index in [2.05, 4.69) is 30.1 Å². The Hall–Kier alpha value is -1.55. The number of carbonyl (C=O) groups is 1. The first-order valence-corrected chi connectivity index (χ1v) is 8.02. The lowest BCUT2D eigenvalue weighted by Crippen LogP contribution is -2.49. The predicted molar refractivity (Wildman–Crippen MR) is 85.8 cm³/mol. The molecule has 1 N–H and O–H groups in total. The molecule has 1 aromatic rings. The lowest BCUT2D eigenvalue weighted by Gasteiger charge is -2.35. The van der Waals surface area contributed by atoms with Crippen molar-refractivity contribution >= 4 is 11.6 Å². The molecule has 4 heteroatoms. The topological polar surface area (TPSA) is 35.6 Å². The molecule has 1 aromatic carbocycles. The quantitative estimate of drug-likeness (QED) is 0.924. The van der Waals surface area contributed by atoms with Crippen LogP contribution in [0.15, 0.2) is 18.2 Å². The number of piperazine rings is 1. The molecule has 1 saturated heterocycles. The number of rotatable bonds is 3. The first-order chi connectivity index (χ1) is 10.1. The van der Waals surface area contributed by atoms with E-state index in [-0.39, 0.29) is 5.91 Å². The normalized spacial score (nSPS) is 18.7. The number of benzene rings is 1. The smallest absolute Gasteiger partial charge is 0.253 e. The zero-order valence-electron chi connectivity index (χ0n) is 13.1. The van der Waals surface area contributed by atoms with Gasteiger partial charge in [-0.05, 0) is 36.1 Å². The molecular weight excluding hydrogens is 262 g/mol. The molecule has 0 unspecified atom stereocenters. The Bertz CT molecular complexity index is 519. The fourth-order valence-electron chi connectivity index (χ4n) is 3.27. The molecule has 0 bridgehead atoms. The minimum Gasteiger partial charge on any atom is -0.384 e. The van der Waals surface area contributed by atoms with Gasteiger partial charge in [0.05, 0.1) is 0 Å². The van der Waals surface area contributed by atoms with Gasteiger partial charge < -0.3 is 10.2 Å². The molecule has 0 aliphatic carbocycles. The molecule has 2 heterocycles. The fraction of sp³-hybridized carbons (Fsp3) is 0.588. The Morgan fingerprint density at radius 3 is 2.71 bits per heavy atom. The van der Waals surface area contributed by atoms with E-state index in [0.29, 0.717) is 5.92 Å². The van der Waals surface area contributed by atoms with Crippen LogP contribution in [-0.2, 0) is 6.42 Å². The largest absolute Gasteiger partial charge is 0.384 e. The van der Waals surface area contributed by atoms with Gasteiger partial charge in [0.25, 0.3) is 5.91 Å². The first-order valence-electron chi connectivity index (χ1n) is 8.02. The van der Waals surface area contributed by atoms with Crippen LogP contribution in [0.2, 0.25) is 0 Å². The van der Waals surface area contributed by atoms with Crippen LogP contribution in [0.5, 0.6) is 0 Å². The molecule has 4 nitrogen and oxygen atoms in total. The minimum absolute atomic E-state index is 0.189. The number of amides is 1. The Balaban J connectivity index is 1.61. The Morgan fingerprint density at radius 2 is 2.00 bits per heavy atom. The maximum absolute atomic E-state index is 12.6. The standard InChI is InChI=1S/C17H25N3O/c1-13(2)12-19-7-9-20(10-8-19)17(21)15-3-4-16-14(11-15)5-6-18-16/h3-4,11,13,18H,5-10,12H2,1-2H3. The van der Waals surface area contributed by atoms with Gasteiger partial charge in [0.1, 0.15) is 0 Å². The monoisotopic (exact) mass is 287 g/mol. The second kappa shape index (κ2) is 6.06. The summed E-state index contributed by atoms with van der Waals surface area (Å²) in [6, 6.07) is 6.07. The van der Waals surface area contributed by atoms with Crippen molar-refractivity contribution < 1.29 is 4.79 Å². The van der Waals surface area contributed by atoms with Gasteiger partial charge in [0, 0.05) is 50.5 Å². The molecule has 3 rings (SSSR count). The number of nitrogens with one attached hydrogen (secondary N) is 1. The summed E-state index contributed by atoms with van der Waals surface area (Å²) in [6.45, 7) is 10.3. The van der Waals surface area contributed by atoms with Crippen LogP contribution in [0.25, 0.3) is 0 Å². The lowest BCUT2D eigenvalue weighted by atomic mass is 10.1. The second-order valence-corrected chi connectivity index (χ2v) is 6.54. The molecule has 0 atom stereocenters. The summed E-state index contributed by atoms with van der Waals surface area (Å²) in [5, 5.41) is 3.34. The SMILES string of the molecule is CC(C)CN1CCN(C(=O)c2ccc3c(c2)CCN3)CC1. The highest BCUT2D eigenvalue weighted by Crippen LogP contribution is 2.23. The van der Waals surface area contributed by atoms with E-state index < -0.39 is 0 Å². The van der Waals surface area contributed by atoms with E-state index in [9.17, 15) is 4.79 Å². The molecule has 0 saturated carbocycles. The molecule has 1 fully saturated rings. The number of nitrogens with zero attached hydrogens (tertiary/aromatic N) is 2. The average molecular weight is 287 g/mol. The van der Waals surface area contributed by atoms with E-state index >= 15 is 0 Å². The van der Waals surface area contributed by atoms with Crippen molar-refractivity contribution in [1.82, 2.24) is 9.80 Å². The van der Waals surface area contributed by atoms with Gasteiger partial charge in [-0.25, -0.2) is 0 Å². The fourth-order valence-corrected chi connectivity index (χ4v) is 3.27. The molecule has 0 aromatic heterocycles. The van der Waals surface area contributed by atoms with E-state index in [1.807, 2.05) is 17.0 Å². The zero-order chi connectivity index (χ0) is 14.8. The lowest BCUT2D eigenvalue weighted by molar-refractivity contribution is 0.0624. The van der Waals surface area contributed by atoms with Crippen LogP contribution in [-0.4, -0.2) is 55.0 Å². The van der Waals surface area contributed by atoms with Crippen LogP contribution in [0, 0.1) is 5.92 Å². The van der Waals surface area contributed by atoms with E-state index in [0.717, 1.165) is 51.3 Å². The third kappa shape index (κ3) is 3.21. The maximum atomic E-state index is 12.6. The summed E-state index contributed by atoms with van der Waals surface area (Å²) < 4.78 is 0. The van der Waals surface area contributed by atoms with Gasteiger partial charge in [0.2, 0.25) is 0 Å². The van der Waals surface area contributed by atoms with Crippen LogP contribution in [0.1, 0.15) is 29.8 Å². The number of hydrogen-bond donors (Lipinski definition) is 1. The second-order valence-electron chi connectivity index (χ2n) is 6.54. The van der Waals surface area contributed by atoms with Crippen molar-refractivity contribution in [1.29, 1.82) is 0 Å². The summed E-state index contributed by atoms with van der Waals surface area (Å²) >= 11 is 0.